The maximum Gasteiger partial charge on any atom is 0.320 e. The monoisotopic (exact) mass is 400 g/mol. The Bertz CT molecular complexity index is 355. The van der Waals surface area contributed by atoms with Crippen molar-refractivity contribution >= 4 is 11.9 Å². The summed E-state index contributed by atoms with van der Waals surface area (Å²) in [5.74, 6) is -1.65. The summed E-state index contributed by atoms with van der Waals surface area (Å²) in [7, 11) is 0. The van der Waals surface area contributed by atoms with Crippen LogP contribution in [0.5, 0.6) is 0 Å². The number of carboxylic acids is 2. The van der Waals surface area contributed by atoms with Gasteiger partial charge in [0.15, 0.2) is 0 Å². The molecular weight excluding hydrogens is 356 g/mol. The SMILES string of the molecule is CCCCCCCCC(NCCNC(CCCCCCCC)C(=O)O)C(=O)O. The number of unbranched alkanes of at least 4 members (excludes halogenated alkanes) is 10. The van der Waals surface area contributed by atoms with Crippen molar-refractivity contribution in [2.45, 2.75) is 116 Å². The Kier molecular flexibility index (Phi) is 18.4. The summed E-state index contributed by atoms with van der Waals surface area (Å²) in [5, 5.41) is 24.8. The van der Waals surface area contributed by atoms with Crippen LogP contribution in [-0.4, -0.2) is 47.3 Å². The first-order chi connectivity index (χ1) is 13.5. The topological polar surface area (TPSA) is 98.7 Å². The van der Waals surface area contributed by atoms with Crippen LogP contribution < -0.4 is 10.6 Å². The lowest BCUT2D eigenvalue weighted by molar-refractivity contribution is -0.141. The number of hydrogen-bond donors (Lipinski definition) is 4. The molecule has 6 nitrogen and oxygen atoms in total. The summed E-state index contributed by atoms with van der Waals surface area (Å²) in [6.07, 6.45) is 14.9. The van der Waals surface area contributed by atoms with Crippen molar-refractivity contribution in [3.8, 4) is 0 Å². The second kappa shape index (κ2) is 19.2. The van der Waals surface area contributed by atoms with Crippen molar-refractivity contribution in [2.24, 2.45) is 0 Å². The molecular formula is C22H44N2O4. The van der Waals surface area contributed by atoms with Crippen molar-refractivity contribution in [3.63, 3.8) is 0 Å². The molecule has 2 atom stereocenters. The van der Waals surface area contributed by atoms with Crippen molar-refractivity contribution in [1.82, 2.24) is 10.6 Å². The van der Waals surface area contributed by atoms with Gasteiger partial charge in [0.2, 0.25) is 0 Å². The molecule has 28 heavy (non-hydrogen) atoms. The Labute approximate surface area is 171 Å². The maximum absolute atomic E-state index is 11.4. The molecule has 0 aromatic carbocycles. The fourth-order valence-electron chi connectivity index (χ4n) is 3.38. The summed E-state index contributed by atoms with van der Waals surface area (Å²) >= 11 is 0. The molecule has 0 saturated heterocycles. The van der Waals surface area contributed by atoms with Crippen LogP contribution >= 0.6 is 0 Å². The van der Waals surface area contributed by atoms with Crippen LogP contribution in [0.2, 0.25) is 0 Å². The van der Waals surface area contributed by atoms with Gasteiger partial charge in [-0.3, -0.25) is 9.59 Å². The quantitative estimate of drug-likeness (QED) is 0.211. The van der Waals surface area contributed by atoms with Crippen LogP contribution in [0.4, 0.5) is 0 Å². The second-order valence-corrected chi connectivity index (χ2v) is 7.80. The molecule has 2 unspecified atom stereocenters. The highest BCUT2D eigenvalue weighted by atomic mass is 16.4. The molecule has 0 bridgehead atoms. The molecule has 6 heteroatoms. The van der Waals surface area contributed by atoms with E-state index in [1.807, 2.05) is 0 Å². The number of carboxylic acid groups (broad SMARTS) is 2. The van der Waals surface area contributed by atoms with E-state index in [1.54, 1.807) is 0 Å². The molecule has 0 amide bonds. The number of carbonyl (C=O) groups is 2. The van der Waals surface area contributed by atoms with Crippen molar-refractivity contribution < 1.29 is 19.8 Å². The molecule has 0 heterocycles. The van der Waals surface area contributed by atoms with E-state index >= 15 is 0 Å². The predicted molar refractivity (Wildman–Crippen MR) is 115 cm³/mol. The van der Waals surface area contributed by atoms with E-state index in [2.05, 4.69) is 24.5 Å². The van der Waals surface area contributed by atoms with E-state index in [0.717, 1.165) is 25.7 Å². The Balaban J connectivity index is 3.92. The Morgan fingerprint density at radius 2 is 0.929 bits per heavy atom. The Morgan fingerprint density at radius 1 is 0.607 bits per heavy atom. The summed E-state index contributed by atoms with van der Waals surface area (Å²) in [5.41, 5.74) is 0. The first-order valence-corrected chi connectivity index (χ1v) is 11.4. The minimum atomic E-state index is -0.824. The Morgan fingerprint density at radius 3 is 1.25 bits per heavy atom. The van der Waals surface area contributed by atoms with E-state index in [1.165, 1.54) is 51.4 Å². The minimum Gasteiger partial charge on any atom is -0.480 e. The Hall–Kier alpha value is -1.14. The van der Waals surface area contributed by atoms with E-state index in [0.29, 0.717) is 25.9 Å². The van der Waals surface area contributed by atoms with E-state index < -0.39 is 24.0 Å². The lowest BCUT2D eigenvalue weighted by Gasteiger charge is -2.17. The van der Waals surface area contributed by atoms with Gasteiger partial charge in [-0.15, -0.1) is 0 Å². The molecule has 166 valence electrons. The smallest absolute Gasteiger partial charge is 0.320 e. The molecule has 0 radical (unpaired) electrons. The second-order valence-electron chi connectivity index (χ2n) is 7.80. The lowest BCUT2D eigenvalue weighted by Crippen LogP contribution is -2.44. The molecule has 0 aliphatic rings. The average Bonchev–Trinajstić information content (AvgIpc) is 2.66. The maximum atomic E-state index is 11.4. The van der Waals surface area contributed by atoms with Gasteiger partial charge in [-0.1, -0.05) is 90.9 Å². The van der Waals surface area contributed by atoms with Gasteiger partial charge in [0, 0.05) is 13.1 Å². The molecule has 0 aliphatic carbocycles. The van der Waals surface area contributed by atoms with Crippen LogP contribution in [0.25, 0.3) is 0 Å². The average molecular weight is 401 g/mol. The van der Waals surface area contributed by atoms with E-state index in [-0.39, 0.29) is 0 Å². The standard InChI is InChI=1S/C22H44N2O4/c1-3-5-7-9-11-13-15-19(21(25)26)23-17-18-24-20(22(27)28)16-14-12-10-8-6-4-2/h19-20,23-24H,3-18H2,1-2H3,(H,25,26)(H,27,28). The molecule has 0 spiro atoms. The van der Waals surface area contributed by atoms with Gasteiger partial charge in [0.05, 0.1) is 0 Å². The van der Waals surface area contributed by atoms with Gasteiger partial charge in [-0.2, -0.15) is 0 Å². The number of aliphatic carboxylic acids is 2. The van der Waals surface area contributed by atoms with Crippen molar-refractivity contribution in [2.75, 3.05) is 13.1 Å². The third kappa shape index (κ3) is 15.9. The van der Waals surface area contributed by atoms with Gasteiger partial charge in [-0.05, 0) is 12.8 Å². The van der Waals surface area contributed by atoms with Crippen LogP contribution in [0.15, 0.2) is 0 Å². The van der Waals surface area contributed by atoms with Gasteiger partial charge >= 0.3 is 11.9 Å². The fourth-order valence-corrected chi connectivity index (χ4v) is 3.38. The fraction of sp³-hybridized carbons (Fsp3) is 0.909. The number of rotatable bonds is 21. The largest absolute Gasteiger partial charge is 0.480 e. The zero-order chi connectivity index (χ0) is 21.0. The molecule has 0 aromatic rings. The van der Waals surface area contributed by atoms with Crippen LogP contribution in [0.1, 0.15) is 104 Å². The summed E-state index contributed by atoms with van der Waals surface area (Å²) < 4.78 is 0. The first-order valence-electron chi connectivity index (χ1n) is 11.4. The zero-order valence-corrected chi connectivity index (χ0v) is 18.2. The highest BCUT2D eigenvalue weighted by Crippen LogP contribution is 2.10. The first kappa shape index (κ1) is 26.9. The highest BCUT2D eigenvalue weighted by molar-refractivity contribution is 5.73. The molecule has 0 aliphatic heterocycles. The molecule has 4 N–H and O–H groups in total. The van der Waals surface area contributed by atoms with Gasteiger partial charge < -0.3 is 20.8 Å². The highest BCUT2D eigenvalue weighted by Gasteiger charge is 2.18. The lowest BCUT2D eigenvalue weighted by atomic mass is 10.1. The number of nitrogens with one attached hydrogen (secondary N) is 2. The predicted octanol–water partition coefficient (Wildman–Crippen LogP) is 4.57. The van der Waals surface area contributed by atoms with Crippen molar-refractivity contribution in [1.29, 1.82) is 0 Å². The van der Waals surface area contributed by atoms with Gasteiger partial charge in [0.1, 0.15) is 12.1 Å². The van der Waals surface area contributed by atoms with Crippen molar-refractivity contribution in [3.05, 3.63) is 0 Å². The summed E-state index contributed by atoms with van der Waals surface area (Å²) in [6.45, 7) is 5.29. The normalized spacial score (nSPS) is 13.4. The third-order valence-corrected chi connectivity index (χ3v) is 5.20. The van der Waals surface area contributed by atoms with Crippen LogP contribution in [-0.2, 0) is 9.59 Å². The van der Waals surface area contributed by atoms with Gasteiger partial charge in [0.25, 0.3) is 0 Å². The summed E-state index contributed by atoms with van der Waals surface area (Å²) in [6, 6.07) is -1.09. The zero-order valence-electron chi connectivity index (χ0n) is 18.2. The van der Waals surface area contributed by atoms with Crippen LogP contribution in [0, 0.1) is 0 Å². The third-order valence-electron chi connectivity index (χ3n) is 5.20. The summed E-state index contributed by atoms with van der Waals surface area (Å²) in [4.78, 5) is 22.7. The molecule has 0 saturated carbocycles. The van der Waals surface area contributed by atoms with Gasteiger partial charge in [-0.25, -0.2) is 0 Å². The number of hydrogen-bond acceptors (Lipinski definition) is 4. The van der Waals surface area contributed by atoms with E-state index in [4.69, 9.17) is 0 Å². The van der Waals surface area contributed by atoms with Crippen LogP contribution in [0.3, 0.4) is 0 Å². The molecule has 0 aromatic heterocycles. The molecule has 0 rings (SSSR count). The molecule has 0 fully saturated rings. The minimum absolute atomic E-state index is 0.465. The van der Waals surface area contributed by atoms with E-state index in [9.17, 15) is 19.8 Å².